The normalized spacial score (nSPS) is 17.9. The van der Waals surface area contributed by atoms with Crippen molar-refractivity contribution in [2.24, 2.45) is 0 Å². The Morgan fingerprint density at radius 2 is 1.93 bits per heavy atom. The number of nitrogens with one attached hydrogen (secondary N) is 1. The molecule has 2 aliphatic heterocycles. The van der Waals surface area contributed by atoms with Crippen molar-refractivity contribution in [2.75, 3.05) is 37.5 Å². The van der Waals surface area contributed by atoms with Crippen molar-refractivity contribution < 1.29 is 23.9 Å². The summed E-state index contributed by atoms with van der Waals surface area (Å²) in [5.41, 5.74) is 1.33. The van der Waals surface area contributed by atoms with Crippen molar-refractivity contribution in [3.05, 3.63) is 48.0 Å². The maximum Gasteiger partial charge on any atom is 0.256 e. The molecule has 3 amide bonds. The molecule has 0 aliphatic carbocycles. The Kier molecular flexibility index (Phi) is 5.31. The summed E-state index contributed by atoms with van der Waals surface area (Å²) in [6.45, 7) is 0.332. The van der Waals surface area contributed by atoms with Crippen LogP contribution in [0.15, 0.2) is 42.5 Å². The van der Waals surface area contributed by atoms with E-state index < -0.39 is 11.9 Å². The summed E-state index contributed by atoms with van der Waals surface area (Å²) in [7, 11) is 3.04. The summed E-state index contributed by atoms with van der Waals surface area (Å²) in [6.07, 6.45) is 1.37. The van der Waals surface area contributed by atoms with E-state index in [2.05, 4.69) is 5.32 Å². The Bertz CT molecular complexity index is 1010. The molecule has 2 heterocycles. The Morgan fingerprint density at radius 1 is 1.13 bits per heavy atom. The standard InChI is InChI=1S/C22H23N3O5/c1-29-14-9-10-19(30-2)16(12-14)23-20(26)13-25-17-7-4-3-6-15(17)21(27)24-11-5-8-18(24)22(25)28/h3-4,6-7,9-10,12,18H,5,8,11,13H2,1-2H3,(H,23,26)/t18-/m0/s1. The van der Waals surface area contributed by atoms with E-state index in [1.54, 1.807) is 47.4 Å². The van der Waals surface area contributed by atoms with Gasteiger partial charge in [0.2, 0.25) is 11.8 Å². The molecule has 1 N–H and O–H groups in total. The van der Waals surface area contributed by atoms with Gasteiger partial charge >= 0.3 is 0 Å². The average molecular weight is 409 g/mol. The van der Waals surface area contributed by atoms with Gasteiger partial charge in [0.1, 0.15) is 24.1 Å². The van der Waals surface area contributed by atoms with Crippen LogP contribution in [0.25, 0.3) is 0 Å². The molecule has 8 nitrogen and oxygen atoms in total. The number of carbonyl (C=O) groups is 3. The summed E-state index contributed by atoms with van der Waals surface area (Å²) in [5.74, 6) is 0.236. The molecule has 0 saturated carbocycles. The second kappa shape index (κ2) is 8.06. The fourth-order valence-electron chi connectivity index (χ4n) is 4.02. The molecule has 2 aromatic rings. The van der Waals surface area contributed by atoms with Gasteiger partial charge in [-0.15, -0.1) is 0 Å². The van der Waals surface area contributed by atoms with Crippen LogP contribution in [0.3, 0.4) is 0 Å². The van der Waals surface area contributed by atoms with Gasteiger partial charge in [-0.05, 0) is 37.1 Å². The van der Waals surface area contributed by atoms with E-state index in [0.717, 1.165) is 6.42 Å². The monoisotopic (exact) mass is 409 g/mol. The molecule has 1 atom stereocenters. The lowest BCUT2D eigenvalue weighted by molar-refractivity contribution is -0.124. The number of benzene rings is 2. The van der Waals surface area contributed by atoms with Gasteiger partial charge in [-0.2, -0.15) is 0 Å². The minimum Gasteiger partial charge on any atom is -0.497 e. The van der Waals surface area contributed by atoms with Crippen LogP contribution in [-0.4, -0.2) is 56.0 Å². The number of carbonyl (C=O) groups excluding carboxylic acids is 3. The molecule has 30 heavy (non-hydrogen) atoms. The van der Waals surface area contributed by atoms with Crippen LogP contribution in [0.5, 0.6) is 11.5 Å². The van der Waals surface area contributed by atoms with E-state index in [1.165, 1.54) is 19.1 Å². The predicted octanol–water partition coefficient (Wildman–Crippen LogP) is 2.29. The fourth-order valence-corrected chi connectivity index (χ4v) is 4.02. The number of anilines is 2. The number of hydrogen-bond donors (Lipinski definition) is 1. The number of nitrogens with zero attached hydrogens (tertiary/aromatic N) is 2. The lowest BCUT2D eigenvalue weighted by Crippen LogP contribution is -2.47. The summed E-state index contributed by atoms with van der Waals surface area (Å²) in [5, 5.41) is 2.79. The molecule has 2 aliphatic rings. The first kappa shape index (κ1) is 19.8. The summed E-state index contributed by atoms with van der Waals surface area (Å²) >= 11 is 0. The van der Waals surface area contributed by atoms with E-state index in [4.69, 9.17) is 9.47 Å². The zero-order valence-electron chi connectivity index (χ0n) is 16.9. The number of rotatable bonds is 5. The van der Waals surface area contributed by atoms with E-state index in [1.807, 2.05) is 0 Å². The molecular weight excluding hydrogens is 386 g/mol. The van der Waals surface area contributed by atoms with Crippen LogP contribution in [0.4, 0.5) is 11.4 Å². The molecule has 8 heteroatoms. The quantitative estimate of drug-likeness (QED) is 0.819. The number of methoxy groups -OCH3 is 2. The van der Waals surface area contributed by atoms with Gasteiger partial charge in [-0.1, -0.05) is 12.1 Å². The number of fused-ring (bicyclic) bond motifs is 2. The van der Waals surface area contributed by atoms with Crippen LogP contribution >= 0.6 is 0 Å². The van der Waals surface area contributed by atoms with Crippen molar-refractivity contribution >= 4 is 29.1 Å². The SMILES string of the molecule is COc1ccc(OC)c(NC(=O)CN2C(=O)[C@@H]3CCCN3C(=O)c3ccccc32)c1. The van der Waals surface area contributed by atoms with Gasteiger partial charge in [0, 0.05) is 12.6 Å². The topological polar surface area (TPSA) is 88.2 Å². The highest BCUT2D eigenvalue weighted by Crippen LogP contribution is 2.33. The molecule has 156 valence electrons. The molecule has 0 spiro atoms. The van der Waals surface area contributed by atoms with Crippen molar-refractivity contribution in [3.63, 3.8) is 0 Å². The lowest BCUT2D eigenvalue weighted by atomic mass is 10.1. The van der Waals surface area contributed by atoms with Crippen molar-refractivity contribution in [2.45, 2.75) is 18.9 Å². The van der Waals surface area contributed by atoms with Crippen molar-refractivity contribution in [1.29, 1.82) is 0 Å². The Hall–Kier alpha value is -3.55. The van der Waals surface area contributed by atoms with Gasteiger partial charge in [0.15, 0.2) is 0 Å². The van der Waals surface area contributed by atoms with Gasteiger partial charge in [-0.25, -0.2) is 0 Å². The van der Waals surface area contributed by atoms with Gasteiger partial charge in [0.05, 0.1) is 31.2 Å². The second-order valence-electron chi connectivity index (χ2n) is 7.21. The molecule has 0 unspecified atom stereocenters. The molecule has 2 aromatic carbocycles. The minimum atomic E-state index is -0.538. The Morgan fingerprint density at radius 3 is 2.70 bits per heavy atom. The highest BCUT2D eigenvalue weighted by atomic mass is 16.5. The third-order valence-electron chi connectivity index (χ3n) is 5.47. The molecule has 1 saturated heterocycles. The zero-order chi connectivity index (χ0) is 21.3. The van der Waals surface area contributed by atoms with Crippen LogP contribution in [0.2, 0.25) is 0 Å². The molecule has 0 bridgehead atoms. The van der Waals surface area contributed by atoms with Gasteiger partial charge < -0.3 is 24.6 Å². The second-order valence-corrected chi connectivity index (χ2v) is 7.21. The number of ether oxygens (including phenoxy) is 2. The fraction of sp³-hybridized carbons (Fsp3) is 0.318. The van der Waals surface area contributed by atoms with Crippen molar-refractivity contribution in [3.8, 4) is 11.5 Å². The van der Waals surface area contributed by atoms with Crippen LogP contribution < -0.4 is 19.7 Å². The first-order valence-electron chi connectivity index (χ1n) is 9.76. The number of amides is 3. The first-order chi connectivity index (χ1) is 14.5. The first-order valence-corrected chi connectivity index (χ1v) is 9.76. The number of hydrogen-bond acceptors (Lipinski definition) is 5. The third-order valence-corrected chi connectivity index (χ3v) is 5.47. The molecular formula is C22H23N3O5. The lowest BCUT2D eigenvalue weighted by Gasteiger charge is -2.25. The summed E-state index contributed by atoms with van der Waals surface area (Å²) < 4.78 is 10.5. The zero-order valence-corrected chi connectivity index (χ0v) is 16.9. The smallest absolute Gasteiger partial charge is 0.256 e. The van der Waals surface area contributed by atoms with Gasteiger partial charge in [0.25, 0.3) is 5.91 Å². The van der Waals surface area contributed by atoms with Crippen LogP contribution in [-0.2, 0) is 9.59 Å². The highest BCUT2D eigenvalue weighted by molar-refractivity contribution is 6.13. The third kappa shape index (κ3) is 3.45. The van der Waals surface area contributed by atoms with E-state index in [0.29, 0.717) is 41.4 Å². The van der Waals surface area contributed by atoms with E-state index >= 15 is 0 Å². The minimum absolute atomic E-state index is 0.168. The molecule has 0 aromatic heterocycles. The Labute approximate surface area is 174 Å². The summed E-state index contributed by atoms with van der Waals surface area (Å²) in [6, 6.07) is 11.4. The van der Waals surface area contributed by atoms with E-state index in [-0.39, 0.29) is 18.4 Å². The maximum atomic E-state index is 13.3. The van der Waals surface area contributed by atoms with Crippen LogP contribution in [0.1, 0.15) is 23.2 Å². The highest BCUT2D eigenvalue weighted by Gasteiger charge is 2.42. The molecule has 1 fully saturated rings. The molecule has 4 rings (SSSR count). The average Bonchev–Trinajstić information content (AvgIpc) is 3.24. The largest absolute Gasteiger partial charge is 0.497 e. The Balaban J connectivity index is 1.63. The molecule has 0 radical (unpaired) electrons. The van der Waals surface area contributed by atoms with Crippen molar-refractivity contribution in [1.82, 2.24) is 4.90 Å². The van der Waals surface area contributed by atoms with Gasteiger partial charge in [-0.3, -0.25) is 14.4 Å². The van der Waals surface area contributed by atoms with E-state index in [9.17, 15) is 14.4 Å². The maximum absolute atomic E-state index is 13.3. The number of para-hydroxylation sites is 1. The predicted molar refractivity (Wildman–Crippen MR) is 111 cm³/mol. The van der Waals surface area contributed by atoms with Crippen LogP contribution in [0, 0.1) is 0 Å². The summed E-state index contributed by atoms with van der Waals surface area (Å²) in [4.78, 5) is 42.1.